The number of nitrogens with zero attached hydrogens (tertiary/aromatic N) is 4. The summed E-state index contributed by atoms with van der Waals surface area (Å²) in [7, 11) is 1.84. The van der Waals surface area contributed by atoms with Crippen LogP contribution in [0.2, 0.25) is 0 Å². The second kappa shape index (κ2) is 9.94. The summed E-state index contributed by atoms with van der Waals surface area (Å²) in [5, 5.41) is 18.1. The number of hydrogen-bond acceptors (Lipinski definition) is 8. The van der Waals surface area contributed by atoms with E-state index in [9.17, 15) is 10.0 Å². The monoisotopic (exact) mass is 503 g/mol. The Morgan fingerprint density at radius 1 is 1.14 bits per heavy atom. The normalized spacial score (nSPS) is 14.9. The summed E-state index contributed by atoms with van der Waals surface area (Å²) in [6.45, 7) is 6.47. The van der Waals surface area contributed by atoms with E-state index in [0.29, 0.717) is 36.4 Å². The number of carbonyl (C=O) groups is 1. The van der Waals surface area contributed by atoms with E-state index in [1.54, 1.807) is 24.3 Å². The van der Waals surface area contributed by atoms with Crippen LogP contribution in [0.4, 0.5) is 23.0 Å². The molecule has 36 heavy (non-hydrogen) atoms. The van der Waals surface area contributed by atoms with Gasteiger partial charge in [-0.1, -0.05) is 12.6 Å². The van der Waals surface area contributed by atoms with Crippen molar-refractivity contribution in [2.45, 2.75) is 0 Å². The summed E-state index contributed by atoms with van der Waals surface area (Å²) >= 11 is 1.50. The molecule has 0 unspecified atom stereocenters. The Morgan fingerprint density at radius 2 is 1.92 bits per heavy atom. The summed E-state index contributed by atoms with van der Waals surface area (Å²) in [5.41, 5.74) is 3.34. The number of hydrogen-bond donors (Lipinski definition) is 3. The van der Waals surface area contributed by atoms with Crippen LogP contribution in [0, 0.1) is 0 Å². The molecule has 3 N–H and O–H groups in total. The van der Waals surface area contributed by atoms with E-state index in [0.717, 1.165) is 34.7 Å². The Labute approximate surface area is 212 Å². The molecule has 3 heterocycles. The highest BCUT2D eigenvalue weighted by atomic mass is 32.1. The number of piperazine rings is 1. The lowest BCUT2D eigenvalue weighted by Gasteiger charge is -2.37. The standard InChI is InChI=1S/C26H26N6O3S/c1-3-23(33)27-19-5-4-6-21(17-19)35-25-24-22(11-16-36-24)29-26(30-25)28-18-7-9-20(10-8-18)31-12-14-32(2,34)15-13-31/h3-11,16-17,34H,1,12-15H2,2H3,(H-,27,28,29,30,33)/p+1. The van der Waals surface area contributed by atoms with Crippen molar-refractivity contribution < 1.29 is 19.4 Å². The van der Waals surface area contributed by atoms with Gasteiger partial charge in [0.25, 0.3) is 0 Å². The first-order valence-corrected chi connectivity index (χ1v) is 12.4. The molecule has 1 amide bonds. The number of thiophene rings is 1. The van der Waals surface area contributed by atoms with Crippen LogP contribution < -0.4 is 20.3 Å². The fraction of sp³-hybridized carbons (Fsp3) is 0.192. The topological polar surface area (TPSA) is 99.6 Å². The number of rotatable bonds is 7. The van der Waals surface area contributed by atoms with E-state index in [-0.39, 0.29) is 10.6 Å². The maximum atomic E-state index is 11.6. The number of amides is 1. The van der Waals surface area contributed by atoms with Crippen LogP contribution in [-0.4, -0.2) is 59.0 Å². The Morgan fingerprint density at radius 3 is 2.67 bits per heavy atom. The van der Waals surface area contributed by atoms with Gasteiger partial charge in [-0.15, -0.1) is 11.3 Å². The second-order valence-corrected chi connectivity index (χ2v) is 9.67. The predicted octanol–water partition coefficient (Wildman–Crippen LogP) is 5.01. The fourth-order valence-corrected chi connectivity index (χ4v) is 4.70. The highest BCUT2D eigenvalue weighted by Crippen LogP contribution is 2.34. The molecule has 2 aromatic carbocycles. The van der Waals surface area contributed by atoms with Gasteiger partial charge in [-0.3, -0.25) is 4.79 Å². The maximum absolute atomic E-state index is 11.6. The first-order chi connectivity index (χ1) is 17.4. The van der Waals surface area contributed by atoms with Gasteiger partial charge in [0.2, 0.25) is 17.7 Å². The minimum Gasteiger partial charge on any atom is -0.437 e. The number of likely N-dealkylation sites (N-methyl/N-ethyl adjacent to an activating group) is 1. The third-order valence-corrected chi connectivity index (χ3v) is 6.86. The van der Waals surface area contributed by atoms with Gasteiger partial charge in [-0.25, -0.2) is 10.2 Å². The highest BCUT2D eigenvalue weighted by molar-refractivity contribution is 7.17. The van der Waals surface area contributed by atoms with E-state index < -0.39 is 0 Å². The van der Waals surface area contributed by atoms with Crippen molar-refractivity contribution in [1.82, 2.24) is 9.97 Å². The Kier molecular flexibility index (Phi) is 6.55. The van der Waals surface area contributed by atoms with Crippen molar-refractivity contribution in [3.05, 3.63) is 72.6 Å². The number of nitrogens with one attached hydrogen (secondary N) is 2. The fourth-order valence-electron chi connectivity index (χ4n) is 3.94. The van der Waals surface area contributed by atoms with Gasteiger partial charge in [0.1, 0.15) is 23.5 Å². The number of hydroxylamine groups is 3. The molecule has 10 heteroatoms. The van der Waals surface area contributed by atoms with Gasteiger partial charge in [0, 0.05) is 23.1 Å². The van der Waals surface area contributed by atoms with Crippen molar-refractivity contribution >= 4 is 50.5 Å². The summed E-state index contributed by atoms with van der Waals surface area (Å²) in [6, 6.07) is 17.1. The first-order valence-electron chi connectivity index (χ1n) is 11.5. The zero-order valence-electron chi connectivity index (χ0n) is 19.8. The molecule has 1 fully saturated rings. The first kappa shape index (κ1) is 23.7. The smallest absolute Gasteiger partial charge is 0.247 e. The number of anilines is 4. The maximum Gasteiger partial charge on any atom is 0.247 e. The van der Waals surface area contributed by atoms with Crippen LogP contribution in [0.3, 0.4) is 0 Å². The van der Waals surface area contributed by atoms with Gasteiger partial charge in [0.15, 0.2) is 0 Å². The molecule has 184 valence electrons. The highest BCUT2D eigenvalue weighted by Gasteiger charge is 2.27. The molecule has 0 spiro atoms. The molecule has 5 rings (SSSR count). The zero-order valence-corrected chi connectivity index (χ0v) is 20.7. The molecular weight excluding hydrogens is 476 g/mol. The summed E-state index contributed by atoms with van der Waals surface area (Å²) in [5.74, 6) is 1.10. The molecule has 1 aliphatic heterocycles. The molecule has 1 aliphatic rings. The third-order valence-electron chi connectivity index (χ3n) is 5.97. The number of quaternary nitrogens is 1. The molecule has 0 atom stereocenters. The predicted molar refractivity (Wildman–Crippen MR) is 142 cm³/mol. The lowest BCUT2D eigenvalue weighted by molar-refractivity contribution is -1.09. The van der Waals surface area contributed by atoms with Crippen LogP contribution in [0.15, 0.2) is 72.6 Å². The van der Waals surface area contributed by atoms with Crippen molar-refractivity contribution in [3.63, 3.8) is 0 Å². The van der Waals surface area contributed by atoms with Crippen LogP contribution >= 0.6 is 11.3 Å². The molecular formula is C26H27N6O3S+. The van der Waals surface area contributed by atoms with Crippen molar-refractivity contribution in [1.29, 1.82) is 0 Å². The van der Waals surface area contributed by atoms with Crippen molar-refractivity contribution in [2.75, 3.05) is 48.8 Å². The number of fused-ring (bicyclic) bond motifs is 1. The Bertz CT molecular complexity index is 1390. The number of ether oxygens (including phenoxy) is 1. The van der Waals surface area contributed by atoms with Crippen LogP contribution in [0.1, 0.15) is 0 Å². The lowest BCUT2D eigenvalue weighted by atomic mass is 10.2. The lowest BCUT2D eigenvalue weighted by Crippen LogP contribution is -2.55. The summed E-state index contributed by atoms with van der Waals surface area (Å²) in [6.07, 6.45) is 1.22. The Balaban J connectivity index is 1.33. The third kappa shape index (κ3) is 5.46. The molecule has 9 nitrogen and oxygen atoms in total. The van der Waals surface area contributed by atoms with Crippen LogP contribution in [-0.2, 0) is 4.79 Å². The largest absolute Gasteiger partial charge is 0.437 e. The molecule has 4 aromatic rings. The SMILES string of the molecule is C=CC(=O)Nc1cccc(Oc2nc(Nc3ccc(N4CC[N+](C)(O)CC4)cc3)nc3ccsc23)c1. The quantitative estimate of drug-likeness (QED) is 0.241. The molecule has 1 saturated heterocycles. The number of benzene rings is 2. The van der Waals surface area contributed by atoms with E-state index in [2.05, 4.69) is 44.2 Å². The average Bonchev–Trinajstić information content (AvgIpc) is 3.34. The Hall–Kier alpha value is -3.99. The molecule has 0 aliphatic carbocycles. The van der Waals surface area contributed by atoms with Gasteiger partial charge < -0.3 is 20.3 Å². The van der Waals surface area contributed by atoms with Gasteiger partial charge in [-0.05, 0) is 53.9 Å². The average molecular weight is 504 g/mol. The van der Waals surface area contributed by atoms with Gasteiger partial charge in [-0.2, -0.15) is 9.63 Å². The minimum absolute atomic E-state index is 0.0662. The van der Waals surface area contributed by atoms with Crippen LogP contribution in [0.25, 0.3) is 10.2 Å². The minimum atomic E-state index is -0.293. The number of carbonyl (C=O) groups excluding carboxylic acids is 1. The van der Waals surface area contributed by atoms with Crippen molar-refractivity contribution in [2.24, 2.45) is 0 Å². The zero-order chi connectivity index (χ0) is 25.1. The number of aromatic nitrogens is 2. The second-order valence-electron chi connectivity index (χ2n) is 8.76. The summed E-state index contributed by atoms with van der Waals surface area (Å²) in [4.78, 5) is 23.2. The van der Waals surface area contributed by atoms with E-state index in [1.165, 1.54) is 17.4 Å². The van der Waals surface area contributed by atoms with E-state index in [4.69, 9.17) is 4.74 Å². The summed E-state index contributed by atoms with van der Waals surface area (Å²) < 4.78 is 7.01. The van der Waals surface area contributed by atoms with Gasteiger partial charge >= 0.3 is 0 Å². The van der Waals surface area contributed by atoms with E-state index in [1.807, 2.05) is 30.6 Å². The molecule has 0 saturated carbocycles. The molecule has 0 radical (unpaired) electrons. The van der Waals surface area contributed by atoms with Crippen molar-refractivity contribution in [3.8, 4) is 11.6 Å². The van der Waals surface area contributed by atoms with Gasteiger partial charge in [0.05, 0.1) is 25.7 Å². The van der Waals surface area contributed by atoms with E-state index >= 15 is 0 Å². The molecule has 2 aromatic heterocycles. The molecule has 0 bridgehead atoms. The van der Waals surface area contributed by atoms with Crippen LogP contribution in [0.5, 0.6) is 11.6 Å².